The molecule has 1 saturated heterocycles. The van der Waals surface area contributed by atoms with Crippen molar-refractivity contribution in [3.63, 3.8) is 0 Å². The second-order valence-corrected chi connectivity index (χ2v) is 6.57. The van der Waals surface area contributed by atoms with E-state index in [1.165, 1.54) is 23.5 Å². The van der Waals surface area contributed by atoms with E-state index in [0.717, 1.165) is 11.1 Å². The van der Waals surface area contributed by atoms with Crippen LogP contribution in [0, 0.1) is 10.1 Å². The van der Waals surface area contributed by atoms with Crippen molar-refractivity contribution in [1.29, 1.82) is 0 Å². The van der Waals surface area contributed by atoms with Gasteiger partial charge in [-0.25, -0.2) is 0 Å². The van der Waals surface area contributed by atoms with Gasteiger partial charge < -0.3 is 10.0 Å². The standard InChI is InChI=1S/C15H14N2O5S/c18-14(19)8-10-2-1-5-16(10)15(20)13-7-9-6-11(17(21)22)3-4-12(9)23-13/h3-4,6-7,10H,1-2,5,8H2,(H,18,19). The van der Waals surface area contributed by atoms with Gasteiger partial charge in [0.05, 0.1) is 16.2 Å². The highest BCUT2D eigenvalue weighted by Gasteiger charge is 2.31. The van der Waals surface area contributed by atoms with Gasteiger partial charge in [0.2, 0.25) is 0 Å². The van der Waals surface area contributed by atoms with Gasteiger partial charge in [-0.05, 0) is 25.0 Å². The second kappa shape index (κ2) is 5.96. The summed E-state index contributed by atoms with van der Waals surface area (Å²) >= 11 is 1.27. The first-order chi connectivity index (χ1) is 11.0. The lowest BCUT2D eigenvalue weighted by molar-refractivity contribution is -0.384. The lowest BCUT2D eigenvalue weighted by Gasteiger charge is -2.22. The molecule has 1 N–H and O–H groups in total. The lowest BCUT2D eigenvalue weighted by atomic mass is 10.1. The highest BCUT2D eigenvalue weighted by atomic mass is 32.1. The lowest BCUT2D eigenvalue weighted by Crippen LogP contribution is -2.36. The average molecular weight is 334 g/mol. The van der Waals surface area contributed by atoms with Crippen LogP contribution >= 0.6 is 11.3 Å². The van der Waals surface area contributed by atoms with Gasteiger partial charge in [0, 0.05) is 34.8 Å². The van der Waals surface area contributed by atoms with E-state index in [0.29, 0.717) is 23.2 Å². The van der Waals surface area contributed by atoms with Crippen LogP contribution in [0.2, 0.25) is 0 Å². The van der Waals surface area contributed by atoms with E-state index in [1.54, 1.807) is 17.0 Å². The van der Waals surface area contributed by atoms with Gasteiger partial charge >= 0.3 is 5.97 Å². The highest BCUT2D eigenvalue weighted by Crippen LogP contribution is 2.31. The summed E-state index contributed by atoms with van der Waals surface area (Å²) in [5, 5.41) is 20.4. The van der Waals surface area contributed by atoms with E-state index in [2.05, 4.69) is 0 Å². The first-order valence-corrected chi connectivity index (χ1v) is 7.98. The fraction of sp³-hybridized carbons (Fsp3) is 0.333. The Morgan fingerprint density at radius 3 is 2.87 bits per heavy atom. The number of benzene rings is 1. The number of carbonyl (C=O) groups is 2. The van der Waals surface area contributed by atoms with Crippen LogP contribution < -0.4 is 0 Å². The SMILES string of the molecule is O=C(O)CC1CCCN1C(=O)c1cc2cc([N+](=O)[O-])ccc2s1. The molecular formula is C15H14N2O5S. The molecule has 0 radical (unpaired) electrons. The number of nitro benzene ring substituents is 1. The average Bonchev–Trinajstić information content (AvgIpc) is 3.11. The molecule has 1 unspecified atom stereocenters. The van der Waals surface area contributed by atoms with Crippen LogP contribution in [0.25, 0.3) is 10.1 Å². The zero-order valence-electron chi connectivity index (χ0n) is 12.1. The Hall–Kier alpha value is -2.48. The highest BCUT2D eigenvalue weighted by molar-refractivity contribution is 7.20. The molecule has 3 rings (SSSR count). The Morgan fingerprint density at radius 1 is 1.39 bits per heavy atom. The number of aliphatic carboxylic acids is 1. The van der Waals surface area contributed by atoms with E-state index >= 15 is 0 Å². The summed E-state index contributed by atoms with van der Waals surface area (Å²) in [7, 11) is 0. The third-order valence-electron chi connectivity index (χ3n) is 3.97. The largest absolute Gasteiger partial charge is 0.481 e. The molecule has 0 saturated carbocycles. The van der Waals surface area contributed by atoms with Gasteiger partial charge in [-0.3, -0.25) is 19.7 Å². The summed E-state index contributed by atoms with van der Waals surface area (Å²) in [5.41, 5.74) is -0.0146. The van der Waals surface area contributed by atoms with Gasteiger partial charge in [0.15, 0.2) is 0 Å². The minimum atomic E-state index is -0.915. The Kier molecular flexibility index (Phi) is 3.99. The van der Waals surface area contributed by atoms with Crippen molar-refractivity contribution in [2.45, 2.75) is 25.3 Å². The predicted molar refractivity (Wildman–Crippen MR) is 84.8 cm³/mol. The van der Waals surface area contributed by atoms with Crippen LogP contribution in [0.4, 0.5) is 5.69 Å². The van der Waals surface area contributed by atoms with E-state index in [9.17, 15) is 19.7 Å². The summed E-state index contributed by atoms with van der Waals surface area (Å²) in [6.45, 7) is 0.547. The summed E-state index contributed by atoms with van der Waals surface area (Å²) in [5.74, 6) is -1.11. The Bertz CT molecular complexity index is 800. The smallest absolute Gasteiger partial charge is 0.305 e. The van der Waals surface area contributed by atoms with Crippen LogP contribution in [0.3, 0.4) is 0 Å². The van der Waals surface area contributed by atoms with Crippen LogP contribution in [-0.2, 0) is 4.79 Å². The minimum Gasteiger partial charge on any atom is -0.481 e. The maximum absolute atomic E-state index is 12.6. The van der Waals surface area contributed by atoms with Crippen molar-refractivity contribution >= 4 is 39.0 Å². The Labute approximate surface area is 135 Å². The zero-order valence-corrected chi connectivity index (χ0v) is 12.9. The van der Waals surface area contributed by atoms with Crippen molar-refractivity contribution in [3.8, 4) is 0 Å². The van der Waals surface area contributed by atoms with E-state index < -0.39 is 10.9 Å². The molecule has 1 aromatic heterocycles. The number of hydrogen-bond acceptors (Lipinski definition) is 5. The maximum atomic E-state index is 12.6. The number of carboxylic acids is 1. The number of thiophene rings is 1. The van der Waals surface area contributed by atoms with Crippen LogP contribution in [-0.4, -0.2) is 39.4 Å². The molecule has 0 aliphatic carbocycles. The number of carbonyl (C=O) groups excluding carboxylic acids is 1. The molecular weight excluding hydrogens is 320 g/mol. The molecule has 8 heteroatoms. The molecule has 1 aliphatic rings. The van der Waals surface area contributed by atoms with Crippen LogP contribution in [0.15, 0.2) is 24.3 Å². The van der Waals surface area contributed by atoms with Gasteiger partial charge in [-0.2, -0.15) is 0 Å². The number of non-ortho nitro benzene ring substituents is 1. The fourth-order valence-electron chi connectivity index (χ4n) is 2.91. The molecule has 0 spiro atoms. The third kappa shape index (κ3) is 3.02. The number of likely N-dealkylation sites (tertiary alicyclic amines) is 1. The minimum absolute atomic E-state index is 0.0146. The van der Waals surface area contributed by atoms with Crippen molar-refractivity contribution in [2.24, 2.45) is 0 Å². The number of nitrogens with zero attached hydrogens (tertiary/aromatic N) is 2. The molecule has 1 amide bonds. The molecule has 0 bridgehead atoms. The first-order valence-electron chi connectivity index (χ1n) is 7.16. The zero-order chi connectivity index (χ0) is 16.6. The first kappa shape index (κ1) is 15.4. The van der Waals surface area contributed by atoms with Gasteiger partial charge in [0.1, 0.15) is 0 Å². The Balaban J connectivity index is 1.88. The van der Waals surface area contributed by atoms with Crippen molar-refractivity contribution in [1.82, 2.24) is 4.90 Å². The van der Waals surface area contributed by atoms with E-state index in [1.807, 2.05) is 0 Å². The quantitative estimate of drug-likeness (QED) is 0.684. The second-order valence-electron chi connectivity index (χ2n) is 5.48. The molecule has 1 aliphatic heterocycles. The third-order valence-corrected chi connectivity index (χ3v) is 5.07. The molecule has 7 nitrogen and oxygen atoms in total. The molecule has 1 aromatic carbocycles. The molecule has 1 fully saturated rings. The number of rotatable bonds is 4. The number of carboxylic acid groups (broad SMARTS) is 1. The molecule has 23 heavy (non-hydrogen) atoms. The topological polar surface area (TPSA) is 101 Å². The summed E-state index contributed by atoms with van der Waals surface area (Å²) in [4.78, 5) is 36.0. The number of fused-ring (bicyclic) bond motifs is 1. The van der Waals surface area contributed by atoms with E-state index in [4.69, 9.17) is 5.11 Å². The molecule has 2 aromatic rings. The Morgan fingerprint density at radius 2 is 2.17 bits per heavy atom. The fourth-order valence-corrected chi connectivity index (χ4v) is 3.91. The number of hydrogen-bond donors (Lipinski definition) is 1. The van der Waals surface area contributed by atoms with Crippen molar-refractivity contribution in [2.75, 3.05) is 6.54 Å². The molecule has 1 atom stereocenters. The predicted octanol–water partition coefficient (Wildman–Crippen LogP) is 2.89. The normalized spacial score (nSPS) is 17.6. The van der Waals surface area contributed by atoms with Gasteiger partial charge in [-0.15, -0.1) is 11.3 Å². The van der Waals surface area contributed by atoms with Gasteiger partial charge in [0.25, 0.3) is 11.6 Å². The number of amides is 1. The maximum Gasteiger partial charge on any atom is 0.305 e. The summed E-state index contributed by atoms with van der Waals surface area (Å²) in [6, 6.07) is 5.86. The monoisotopic (exact) mass is 334 g/mol. The van der Waals surface area contributed by atoms with Crippen LogP contribution in [0.5, 0.6) is 0 Å². The number of nitro groups is 1. The summed E-state index contributed by atoms with van der Waals surface area (Å²) in [6.07, 6.45) is 1.43. The summed E-state index contributed by atoms with van der Waals surface area (Å²) < 4.78 is 0.799. The molecule has 2 heterocycles. The van der Waals surface area contributed by atoms with Crippen molar-refractivity contribution < 1.29 is 19.6 Å². The molecule has 120 valence electrons. The van der Waals surface area contributed by atoms with Crippen LogP contribution in [0.1, 0.15) is 28.9 Å². The van der Waals surface area contributed by atoms with Crippen molar-refractivity contribution in [3.05, 3.63) is 39.3 Å². The van der Waals surface area contributed by atoms with Gasteiger partial charge in [-0.1, -0.05) is 0 Å². The van der Waals surface area contributed by atoms with E-state index in [-0.39, 0.29) is 24.1 Å².